The van der Waals surface area contributed by atoms with E-state index >= 15 is 0 Å². The third-order valence-electron chi connectivity index (χ3n) is 2.53. The Morgan fingerprint density at radius 1 is 1.33 bits per heavy atom. The smallest absolute Gasteiger partial charge is 0.244 e. The molecule has 0 spiro atoms. The second kappa shape index (κ2) is 4.87. The van der Waals surface area contributed by atoms with E-state index in [4.69, 9.17) is 0 Å². The molecule has 18 heavy (non-hydrogen) atoms. The fourth-order valence-electron chi connectivity index (χ4n) is 1.56. The maximum absolute atomic E-state index is 12.0. The summed E-state index contributed by atoms with van der Waals surface area (Å²) < 4.78 is 28.1. The highest BCUT2D eigenvalue weighted by molar-refractivity contribution is 7.89. The van der Waals surface area contributed by atoms with E-state index in [-0.39, 0.29) is 10.9 Å². The van der Waals surface area contributed by atoms with Gasteiger partial charge in [0.2, 0.25) is 10.0 Å². The molecule has 2 heterocycles. The van der Waals surface area contributed by atoms with Gasteiger partial charge in [-0.15, -0.1) is 0 Å². The molecule has 0 aliphatic heterocycles. The molecule has 1 N–H and O–H groups in total. The van der Waals surface area contributed by atoms with Crippen LogP contribution < -0.4 is 4.72 Å². The number of aromatic nitrogens is 3. The van der Waals surface area contributed by atoms with Gasteiger partial charge in [0.1, 0.15) is 4.90 Å². The number of pyridine rings is 1. The van der Waals surface area contributed by atoms with Crippen LogP contribution in [0.5, 0.6) is 0 Å². The predicted molar refractivity (Wildman–Crippen MR) is 66.2 cm³/mol. The molecular formula is C11H14N4O2S. The summed E-state index contributed by atoms with van der Waals surface area (Å²) in [6.45, 7) is 1.78. The Morgan fingerprint density at radius 3 is 2.56 bits per heavy atom. The third kappa shape index (κ3) is 2.74. The maximum atomic E-state index is 12.0. The number of sulfonamides is 1. The highest BCUT2D eigenvalue weighted by atomic mass is 32.2. The van der Waals surface area contributed by atoms with Crippen LogP contribution in [0, 0.1) is 0 Å². The summed E-state index contributed by atoms with van der Waals surface area (Å²) in [5, 5.41) is 3.85. The lowest BCUT2D eigenvalue weighted by Crippen LogP contribution is -2.26. The van der Waals surface area contributed by atoms with Gasteiger partial charge in [-0.05, 0) is 24.6 Å². The summed E-state index contributed by atoms with van der Waals surface area (Å²) in [5.41, 5.74) is 0.859. The van der Waals surface area contributed by atoms with Gasteiger partial charge in [0.15, 0.2) is 0 Å². The summed E-state index contributed by atoms with van der Waals surface area (Å²) in [7, 11) is -1.87. The highest BCUT2D eigenvalue weighted by Gasteiger charge is 2.19. The van der Waals surface area contributed by atoms with Gasteiger partial charge in [-0.3, -0.25) is 9.67 Å². The van der Waals surface area contributed by atoms with Crippen molar-refractivity contribution in [2.24, 2.45) is 7.05 Å². The van der Waals surface area contributed by atoms with E-state index in [1.807, 2.05) is 0 Å². The van der Waals surface area contributed by atoms with Crippen LogP contribution in [0.4, 0.5) is 0 Å². The molecule has 6 nitrogen and oxygen atoms in total. The summed E-state index contributed by atoms with van der Waals surface area (Å²) in [4.78, 5) is 4.05. The fraction of sp³-hybridized carbons (Fsp3) is 0.273. The Hall–Kier alpha value is -1.73. The molecule has 0 bridgehead atoms. The maximum Gasteiger partial charge on any atom is 0.244 e. The zero-order valence-corrected chi connectivity index (χ0v) is 10.9. The monoisotopic (exact) mass is 266 g/mol. The lowest BCUT2D eigenvalue weighted by Gasteiger charge is -2.13. The van der Waals surface area contributed by atoms with Crippen LogP contribution in [-0.2, 0) is 17.1 Å². The molecule has 0 aliphatic carbocycles. The molecule has 0 saturated carbocycles. The van der Waals surface area contributed by atoms with Crippen LogP contribution >= 0.6 is 0 Å². The van der Waals surface area contributed by atoms with Gasteiger partial charge in [-0.25, -0.2) is 13.1 Å². The summed E-state index contributed by atoms with van der Waals surface area (Å²) in [6, 6.07) is 3.23. The molecule has 1 atom stereocenters. The molecule has 2 aromatic heterocycles. The van der Waals surface area contributed by atoms with E-state index < -0.39 is 10.0 Å². The topological polar surface area (TPSA) is 76.9 Å². The van der Waals surface area contributed by atoms with Crippen LogP contribution in [0.3, 0.4) is 0 Å². The Kier molecular flexibility index (Phi) is 3.44. The molecule has 0 aliphatic rings. The van der Waals surface area contributed by atoms with Crippen molar-refractivity contribution >= 4 is 10.0 Å². The molecule has 0 amide bonds. The van der Waals surface area contributed by atoms with E-state index in [0.717, 1.165) is 5.56 Å². The average Bonchev–Trinajstić information content (AvgIpc) is 2.77. The van der Waals surface area contributed by atoms with Crippen LogP contribution in [0.1, 0.15) is 18.5 Å². The van der Waals surface area contributed by atoms with Crippen LogP contribution in [-0.4, -0.2) is 23.2 Å². The standard InChI is InChI=1S/C11H14N4O2S/c1-9(10-3-5-12-6-4-10)14-18(16,17)11-7-13-15(2)8-11/h3-9,14H,1-2H3. The lowest BCUT2D eigenvalue weighted by molar-refractivity contribution is 0.566. The van der Waals surface area contributed by atoms with E-state index in [1.54, 1.807) is 38.5 Å². The van der Waals surface area contributed by atoms with Crippen molar-refractivity contribution in [1.82, 2.24) is 19.5 Å². The fourth-order valence-corrected chi connectivity index (χ4v) is 2.77. The first-order chi connectivity index (χ1) is 8.49. The summed E-state index contributed by atoms with van der Waals surface area (Å²) >= 11 is 0. The van der Waals surface area contributed by atoms with Crippen molar-refractivity contribution in [3.05, 3.63) is 42.5 Å². The number of hydrogen-bond donors (Lipinski definition) is 1. The molecule has 0 aromatic carbocycles. The van der Waals surface area contributed by atoms with Crippen molar-refractivity contribution in [2.75, 3.05) is 0 Å². The molecular weight excluding hydrogens is 252 g/mol. The Labute approximate surface area is 106 Å². The zero-order valence-electron chi connectivity index (χ0n) is 10.1. The largest absolute Gasteiger partial charge is 0.274 e. The molecule has 1 unspecified atom stereocenters. The number of hydrogen-bond acceptors (Lipinski definition) is 4. The molecule has 0 radical (unpaired) electrons. The van der Waals surface area contributed by atoms with Crippen LogP contribution in [0.25, 0.3) is 0 Å². The van der Waals surface area contributed by atoms with Gasteiger partial charge in [0.25, 0.3) is 0 Å². The van der Waals surface area contributed by atoms with Gasteiger partial charge in [0, 0.05) is 31.7 Å². The van der Waals surface area contributed by atoms with Gasteiger partial charge >= 0.3 is 0 Å². The van der Waals surface area contributed by atoms with Crippen molar-refractivity contribution in [2.45, 2.75) is 17.9 Å². The average molecular weight is 266 g/mol. The molecule has 2 aromatic rings. The minimum Gasteiger partial charge on any atom is -0.274 e. The first-order valence-electron chi connectivity index (χ1n) is 5.40. The SMILES string of the molecule is CC(NS(=O)(=O)c1cnn(C)c1)c1ccncc1. The van der Waals surface area contributed by atoms with Crippen LogP contribution in [0.2, 0.25) is 0 Å². The van der Waals surface area contributed by atoms with Gasteiger partial charge in [-0.2, -0.15) is 5.10 Å². The molecule has 2 rings (SSSR count). The summed E-state index contributed by atoms with van der Waals surface area (Å²) in [6.07, 6.45) is 6.04. The minimum atomic E-state index is -3.54. The van der Waals surface area contributed by atoms with Gasteiger partial charge < -0.3 is 0 Å². The van der Waals surface area contributed by atoms with Crippen molar-refractivity contribution < 1.29 is 8.42 Å². The molecule has 7 heteroatoms. The number of aryl methyl sites for hydroxylation is 1. The molecule has 0 fully saturated rings. The first kappa shape index (κ1) is 12.7. The lowest BCUT2D eigenvalue weighted by atomic mass is 10.1. The van der Waals surface area contributed by atoms with E-state index in [1.165, 1.54) is 17.1 Å². The number of nitrogens with zero attached hydrogens (tertiary/aromatic N) is 3. The van der Waals surface area contributed by atoms with Crippen molar-refractivity contribution in [1.29, 1.82) is 0 Å². The predicted octanol–water partition coefficient (Wildman–Crippen LogP) is 0.855. The Bertz CT molecular complexity index is 622. The Balaban J connectivity index is 2.19. The van der Waals surface area contributed by atoms with Crippen LogP contribution in [0.15, 0.2) is 41.8 Å². The van der Waals surface area contributed by atoms with E-state index in [0.29, 0.717) is 0 Å². The first-order valence-corrected chi connectivity index (χ1v) is 6.88. The van der Waals surface area contributed by atoms with E-state index in [9.17, 15) is 8.42 Å². The number of nitrogens with one attached hydrogen (secondary N) is 1. The zero-order chi connectivity index (χ0) is 13.2. The second-order valence-corrected chi connectivity index (χ2v) is 5.69. The third-order valence-corrected chi connectivity index (χ3v) is 4.02. The van der Waals surface area contributed by atoms with Crippen molar-refractivity contribution in [3.63, 3.8) is 0 Å². The molecule has 0 saturated heterocycles. The minimum absolute atomic E-state index is 0.158. The van der Waals surface area contributed by atoms with Crippen molar-refractivity contribution in [3.8, 4) is 0 Å². The number of rotatable bonds is 4. The van der Waals surface area contributed by atoms with Gasteiger partial charge in [-0.1, -0.05) is 0 Å². The normalized spacial score (nSPS) is 13.4. The highest BCUT2D eigenvalue weighted by Crippen LogP contribution is 2.15. The Morgan fingerprint density at radius 2 is 2.00 bits per heavy atom. The second-order valence-electron chi connectivity index (χ2n) is 3.97. The van der Waals surface area contributed by atoms with E-state index in [2.05, 4.69) is 14.8 Å². The quantitative estimate of drug-likeness (QED) is 0.890. The van der Waals surface area contributed by atoms with Gasteiger partial charge in [0.05, 0.1) is 6.20 Å². The summed E-state index contributed by atoms with van der Waals surface area (Å²) in [5.74, 6) is 0. The molecule has 96 valence electrons.